The predicted octanol–water partition coefficient (Wildman–Crippen LogP) is 1.82. The maximum atomic E-state index is 12.3. The highest BCUT2D eigenvalue weighted by Gasteiger charge is 2.08. The number of imidazole rings is 1. The van der Waals surface area contributed by atoms with E-state index in [1.807, 2.05) is 36.0 Å². The van der Waals surface area contributed by atoms with Crippen LogP contribution in [0.15, 0.2) is 49.1 Å². The van der Waals surface area contributed by atoms with Crippen LogP contribution in [0.4, 0.5) is 0 Å². The monoisotopic (exact) mass is 320 g/mol. The Labute approximate surface area is 138 Å². The van der Waals surface area contributed by atoms with Crippen LogP contribution in [0, 0.1) is 6.92 Å². The quantitative estimate of drug-likeness (QED) is 0.622. The zero-order chi connectivity index (χ0) is 16.5. The van der Waals surface area contributed by atoms with Crippen molar-refractivity contribution >= 4 is 22.6 Å². The molecule has 24 heavy (non-hydrogen) atoms. The molecule has 1 amide bonds. The molecule has 0 aliphatic heterocycles. The number of amides is 1. The van der Waals surface area contributed by atoms with Crippen LogP contribution < -0.4 is 5.32 Å². The Hall–Kier alpha value is -3.22. The highest BCUT2D eigenvalue weighted by Crippen LogP contribution is 2.11. The third-order valence-electron chi connectivity index (χ3n) is 3.89. The Morgan fingerprint density at radius 1 is 1.12 bits per heavy atom. The first kappa shape index (κ1) is 14.4. The highest BCUT2D eigenvalue weighted by atomic mass is 16.1. The predicted molar refractivity (Wildman–Crippen MR) is 89.8 cm³/mol. The van der Waals surface area contributed by atoms with Crippen molar-refractivity contribution < 1.29 is 4.79 Å². The summed E-state index contributed by atoms with van der Waals surface area (Å²) in [5.41, 5.74) is 4.07. The fourth-order valence-corrected chi connectivity index (χ4v) is 2.73. The van der Waals surface area contributed by atoms with E-state index in [9.17, 15) is 4.79 Å². The van der Waals surface area contributed by atoms with Gasteiger partial charge >= 0.3 is 0 Å². The number of nitrogens with zero attached hydrogens (tertiary/aromatic N) is 5. The topological polar surface area (TPSA) is 77.1 Å². The SMILES string of the molecule is Cc1cc2n(CCNC(=O)c3ccc4nccnc4c3)ccn2n1. The number of carbonyl (C=O) groups is 1. The number of fused-ring (bicyclic) bond motifs is 2. The van der Waals surface area contributed by atoms with E-state index in [1.54, 1.807) is 24.5 Å². The number of rotatable bonds is 4. The van der Waals surface area contributed by atoms with Gasteiger partial charge in [0.2, 0.25) is 0 Å². The normalized spacial score (nSPS) is 11.2. The molecule has 4 aromatic rings. The minimum atomic E-state index is -0.115. The first-order valence-electron chi connectivity index (χ1n) is 7.71. The molecule has 7 nitrogen and oxygen atoms in total. The molecule has 0 fully saturated rings. The van der Waals surface area contributed by atoms with Gasteiger partial charge in [-0.1, -0.05) is 0 Å². The van der Waals surface area contributed by atoms with Gasteiger partial charge < -0.3 is 9.88 Å². The smallest absolute Gasteiger partial charge is 0.251 e. The second kappa shape index (κ2) is 5.77. The third-order valence-corrected chi connectivity index (χ3v) is 3.89. The molecule has 3 aromatic heterocycles. The molecule has 0 bridgehead atoms. The summed E-state index contributed by atoms with van der Waals surface area (Å²) in [6.45, 7) is 3.17. The Kier molecular flexibility index (Phi) is 3.45. The fraction of sp³-hybridized carbons (Fsp3) is 0.176. The molecule has 0 saturated carbocycles. The van der Waals surface area contributed by atoms with Crippen LogP contribution in [-0.2, 0) is 6.54 Å². The van der Waals surface area contributed by atoms with Crippen molar-refractivity contribution in [3.8, 4) is 0 Å². The average molecular weight is 320 g/mol. The number of aryl methyl sites for hydroxylation is 1. The molecule has 120 valence electrons. The molecular formula is C17H16N6O. The summed E-state index contributed by atoms with van der Waals surface area (Å²) in [4.78, 5) is 20.7. The van der Waals surface area contributed by atoms with E-state index in [0.717, 1.165) is 16.9 Å². The fourth-order valence-electron chi connectivity index (χ4n) is 2.73. The molecule has 0 radical (unpaired) electrons. The van der Waals surface area contributed by atoms with E-state index in [-0.39, 0.29) is 5.91 Å². The van der Waals surface area contributed by atoms with Gasteiger partial charge in [0, 0.05) is 49.5 Å². The van der Waals surface area contributed by atoms with Crippen molar-refractivity contribution in [3.05, 3.63) is 60.3 Å². The van der Waals surface area contributed by atoms with Crippen molar-refractivity contribution in [2.24, 2.45) is 0 Å². The van der Waals surface area contributed by atoms with Gasteiger partial charge in [-0.3, -0.25) is 14.8 Å². The number of hydrogen-bond donors (Lipinski definition) is 1. The number of nitrogens with one attached hydrogen (secondary N) is 1. The summed E-state index contributed by atoms with van der Waals surface area (Å²) in [7, 11) is 0. The summed E-state index contributed by atoms with van der Waals surface area (Å²) in [6, 6.07) is 7.35. The molecule has 4 rings (SSSR count). The van der Waals surface area contributed by atoms with E-state index < -0.39 is 0 Å². The molecule has 0 saturated heterocycles. The van der Waals surface area contributed by atoms with Crippen molar-refractivity contribution in [2.45, 2.75) is 13.5 Å². The van der Waals surface area contributed by atoms with Crippen LogP contribution in [-0.4, -0.2) is 36.6 Å². The Morgan fingerprint density at radius 2 is 1.96 bits per heavy atom. The molecule has 7 heteroatoms. The van der Waals surface area contributed by atoms with Crippen LogP contribution >= 0.6 is 0 Å². The lowest BCUT2D eigenvalue weighted by molar-refractivity contribution is 0.0952. The van der Waals surface area contributed by atoms with Crippen LogP contribution in [0.25, 0.3) is 16.7 Å². The van der Waals surface area contributed by atoms with Gasteiger partial charge in [-0.25, -0.2) is 4.52 Å². The van der Waals surface area contributed by atoms with E-state index in [2.05, 4.69) is 25.0 Å². The summed E-state index contributed by atoms with van der Waals surface area (Å²) in [6.07, 6.45) is 7.12. The minimum absolute atomic E-state index is 0.115. The largest absolute Gasteiger partial charge is 0.350 e. The maximum absolute atomic E-state index is 12.3. The van der Waals surface area contributed by atoms with E-state index in [1.165, 1.54) is 0 Å². The number of hydrogen-bond acceptors (Lipinski definition) is 4. The summed E-state index contributed by atoms with van der Waals surface area (Å²) in [5, 5.41) is 7.28. The summed E-state index contributed by atoms with van der Waals surface area (Å²) < 4.78 is 3.89. The van der Waals surface area contributed by atoms with Crippen LogP contribution in [0.2, 0.25) is 0 Å². The molecular weight excluding hydrogens is 304 g/mol. The number of benzene rings is 1. The third kappa shape index (κ3) is 2.60. The lowest BCUT2D eigenvalue weighted by atomic mass is 10.2. The standard InChI is InChI=1S/C17H16N6O/c1-12-10-16-22(8-9-23(16)21-12)7-6-20-17(24)13-2-3-14-15(11-13)19-5-4-18-14/h2-5,8-11H,6-7H2,1H3,(H,20,24). The molecule has 3 heterocycles. The van der Waals surface area contributed by atoms with Gasteiger partial charge in [0.15, 0.2) is 0 Å². The van der Waals surface area contributed by atoms with Gasteiger partial charge in [-0.15, -0.1) is 0 Å². The second-order valence-corrected chi connectivity index (χ2v) is 5.60. The van der Waals surface area contributed by atoms with Gasteiger partial charge in [-0.2, -0.15) is 5.10 Å². The number of carbonyl (C=O) groups excluding carboxylic acids is 1. The zero-order valence-electron chi connectivity index (χ0n) is 13.2. The van der Waals surface area contributed by atoms with Gasteiger partial charge in [0.25, 0.3) is 5.91 Å². The van der Waals surface area contributed by atoms with Crippen LogP contribution in [0.1, 0.15) is 16.1 Å². The van der Waals surface area contributed by atoms with Gasteiger partial charge in [0.05, 0.1) is 16.7 Å². The lowest BCUT2D eigenvalue weighted by Gasteiger charge is -2.07. The Balaban J connectivity index is 1.43. The average Bonchev–Trinajstić information content (AvgIpc) is 3.14. The van der Waals surface area contributed by atoms with Crippen molar-refractivity contribution in [3.63, 3.8) is 0 Å². The number of aromatic nitrogens is 5. The molecule has 1 N–H and O–H groups in total. The zero-order valence-corrected chi connectivity index (χ0v) is 13.2. The minimum Gasteiger partial charge on any atom is -0.350 e. The molecule has 0 unspecified atom stereocenters. The maximum Gasteiger partial charge on any atom is 0.251 e. The van der Waals surface area contributed by atoms with Crippen molar-refractivity contribution in [1.82, 2.24) is 29.5 Å². The van der Waals surface area contributed by atoms with Crippen molar-refractivity contribution in [2.75, 3.05) is 6.54 Å². The lowest BCUT2D eigenvalue weighted by Crippen LogP contribution is -2.27. The van der Waals surface area contributed by atoms with Gasteiger partial charge in [0.1, 0.15) is 5.65 Å². The molecule has 0 atom stereocenters. The Morgan fingerprint density at radius 3 is 2.83 bits per heavy atom. The van der Waals surface area contributed by atoms with E-state index in [0.29, 0.717) is 24.2 Å². The van der Waals surface area contributed by atoms with Crippen LogP contribution in [0.5, 0.6) is 0 Å². The highest BCUT2D eigenvalue weighted by molar-refractivity contribution is 5.97. The second-order valence-electron chi connectivity index (χ2n) is 5.60. The molecule has 0 aliphatic rings. The molecule has 0 spiro atoms. The van der Waals surface area contributed by atoms with Crippen LogP contribution in [0.3, 0.4) is 0 Å². The Bertz CT molecular complexity index is 1030. The molecule has 0 aliphatic carbocycles. The van der Waals surface area contributed by atoms with E-state index >= 15 is 0 Å². The van der Waals surface area contributed by atoms with Gasteiger partial charge in [-0.05, 0) is 25.1 Å². The first-order valence-corrected chi connectivity index (χ1v) is 7.71. The molecule has 1 aromatic carbocycles. The van der Waals surface area contributed by atoms with Crippen molar-refractivity contribution in [1.29, 1.82) is 0 Å². The summed E-state index contributed by atoms with van der Waals surface area (Å²) in [5.74, 6) is -0.115. The first-order chi connectivity index (χ1) is 11.7. The van der Waals surface area contributed by atoms with E-state index in [4.69, 9.17) is 0 Å². The summed E-state index contributed by atoms with van der Waals surface area (Å²) >= 11 is 0.